The molecule has 0 radical (unpaired) electrons. The smallest absolute Gasteiger partial charge is 0.0546 e. The molecule has 0 spiro atoms. The van der Waals surface area contributed by atoms with E-state index in [-0.39, 0.29) is 0 Å². The predicted molar refractivity (Wildman–Crippen MR) is 181 cm³/mol. The minimum absolute atomic E-state index is 0.544. The summed E-state index contributed by atoms with van der Waals surface area (Å²) in [6, 6.07) is 53.5. The molecule has 0 bridgehead atoms. The molecule has 0 aliphatic carbocycles. The Kier molecular flexibility index (Phi) is 5.72. The van der Waals surface area contributed by atoms with E-state index in [2.05, 4.69) is 164 Å². The van der Waals surface area contributed by atoms with E-state index in [0.29, 0.717) is 5.92 Å². The number of fused-ring (bicyclic) bond motifs is 6. The highest BCUT2D eigenvalue weighted by molar-refractivity contribution is 6.15. The zero-order valence-corrected chi connectivity index (χ0v) is 23.9. The molecule has 8 rings (SSSR count). The molecule has 0 amide bonds. The van der Waals surface area contributed by atoms with Crippen molar-refractivity contribution in [3.05, 3.63) is 151 Å². The molecule has 7 aromatic carbocycles. The summed E-state index contributed by atoms with van der Waals surface area (Å²) in [5, 5.41) is 7.64. The summed E-state index contributed by atoms with van der Waals surface area (Å²) in [4.78, 5) is 0. The number of hydrogen-bond acceptors (Lipinski definition) is 0. The molecule has 1 heterocycles. The van der Waals surface area contributed by atoms with Crippen LogP contribution in [-0.2, 0) is 0 Å². The second kappa shape index (κ2) is 9.75. The number of aromatic nitrogens is 1. The zero-order chi connectivity index (χ0) is 28.2. The minimum atomic E-state index is 0.544. The summed E-state index contributed by atoms with van der Waals surface area (Å²) in [5.41, 5.74) is 10.0. The first-order chi connectivity index (χ1) is 20.7. The molecule has 42 heavy (non-hydrogen) atoms. The van der Waals surface area contributed by atoms with Crippen LogP contribution in [0, 0.1) is 0 Å². The molecule has 0 aliphatic rings. The van der Waals surface area contributed by atoms with Crippen molar-refractivity contribution in [3.63, 3.8) is 0 Å². The van der Waals surface area contributed by atoms with Crippen LogP contribution in [0.1, 0.15) is 25.3 Å². The van der Waals surface area contributed by atoms with Crippen LogP contribution >= 0.6 is 0 Å². The predicted octanol–water partition coefficient (Wildman–Crippen LogP) is 11.5. The standard InChI is InChI=1S/C41H31N/c1-27(2)28-15-17-29(18-16-28)30-19-21-31(22-20-30)32-23-24-40-38(25-32)37-13-7-8-14-39(37)42(40)41-26-33-9-3-4-10-34(33)35-11-5-6-12-36(35)41/h3-27H,1-2H3. The van der Waals surface area contributed by atoms with Gasteiger partial charge in [0, 0.05) is 16.2 Å². The van der Waals surface area contributed by atoms with Gasteiger partial charge in [-0.05, 0) is 74.2 Å². The third-order valence-corrected chi connectivity index (χ3v) is 8.79. The second-order valence-corrected chi connectivity index (χ2v) is 11.6. The van der Waals surface area contributed by atoms with E-state index in [9.17, 15) is 0 Å². The molecule has 0 aliphatic heterocycles. The lowest BCUT2D eigenvalue weighted by Gasteiger charge is -2.14. The first-order valence-electron chi connectivity index (χ1n) is 14.8. The SMILES string of the molecule is CC(C)c1ccc(-c2ccc(-c3ccc4c(c3)c3ccccc3n4-c3cc4ccccc4c4ccccc34)cc2)cc1. The average molecular weight is 538 g/mol. The van der Waals surface area contributed by atoms with E-state index in [1.54, 1.807) is 0 Å². The Morgan fingerprint density at radius 3 is 1.64 bits per heavy atom. The molecule has 0 saturated heterocycles. The Morgan fingerprint density at radius 2 is 0.929 bits per heavy atom. The van der Waals surface area contributed by atoms with Crippen molar-refractivity contribution in [1.29, 1.82) is 0 Å². The van der Waals surface area contributed by atoms with Gasteiger partial charge in [0.05, 0.1) is 16.7 Å². The van der Waals surface area contributed by atoms with E-state index in [0.717, 1.165) is 0 Å². The van der Waals surface area contributed by atoms with Gasteiger partial charge in [-0.2, -0.15) is 0 Å². The van der Waals surface area contributed by atoms with Gasteiger partial charge in [-0.3, -0.25) is 0 Å². The fourth-order valence-corrected chi connectivity index (χ4v) is 6.55. The van der Waals surface area contributed by atoms with Gasteiger partial charge in [0.15, 0.2) is 0 Å². The minimum Gasteiger partial charge on any atom is -0.309 e. The lowest BCUT2D eigenvalue weighted by molar-refractivity contribution is 0.867. The van der Waals surface area contributed by atoms with Gasteiger partial charge in [-0.1, -0.05) is 135 Å². The Balaban J connectivity index is 1.28. The van der Waals surface area contributed by atoms with Gasteiger partial charge >= 0.3 is 0 Å². The molecule has 0 unspecified atom stereocenters. The molecule has 0 fully saturated rings. The monoisotopic (exact) mass is 537 g/mol. The van der Waals surface area contributed by atoms with Crippen LogP contribution in [0.3, 0.4) is 0 Å². The summed E-state index contributed by atoms with van der Waals surface area (Å²) in [6.07, 6.45) is 0. The van der Waals surface area contributed by atoms with Crippen molar-refractivity contribution in [2.75, 3.05) is 0 Å². The Labute approximate surface area is 246 Å². The number of para-hydroxylation sites is 1. The van der Waals surface area contributed by atoms with E-state index in [1.165, 1.54) is 76.9 Å². The van der Waals surface area contributed by atoms with Gasteiger partial charge in [0.2, 0.25) is 0 Å². The molecule has 0 atom stereocenters. The van der Waals surface area contributed by atoms with Gasteiger partial charge in [-0.15, -0.1) is 0 Å². The average Bonchev–Trinajstić information content (AvgIpc) is 3.38. The van der Waals surface area contributed by atoms with Gasteiger partial charge < -0.3 is 4.57 Å². The molecular weight excluding hydrogens is 506 g/mol. The molecule has 8 aromatic rings. The highest BCUT2D eigenvalue weighted by Gasteiger charge is 2.16. The van der Waals surface area contributed by atoms with Gasteiger partial charge in [0.1, 0.15) is 0 Å². The third-order valence-electron chi connectivity index (χ3n) is 8.79. The fourth-order valence-electron chi connectivity index (χ4n) is 6.55. The number of benzene rings is 7. The summed E-state index contributed by atoms with van der Waals surface area (Å²) < 4.78 is 2.45. The molecule has 1 aromatic heterocycles. The van der Waals surface area contributed by atoms with Crippen LogP contribution < -0.4 is 0 Å². The van der Waals surface area contributed by atoms with Crippen LogP contribution in [0.2, 0.25) is 0 Å². The lowest BCUT2D eigenvalue weighted by atomic mass is 9.96. The molecule has 200 valence electrons. The number of hydrogen-bond donors (Lipinski definition) is 0. The maximum absolute atomic E-state index is 2.45. The molecule has 1 nitrogen and oxygen atoms in total. The maximum atomic E-state index is 2.45. The number of nitrogens with zero attached hydrogens (tertiary/aromatic N) is 1. The largest absolute Gasteiger partial charge is 0.309 e. The van der Waals surface area contributed by atoms with Crippen molar-refractivity contribution in [1.82, 2.24) is 4.57 Å². The van der Waals surface area contributed by atoms with Crippen molar-refractivity contribution in [3.8, 4) is 27.9 Å². The Bertz CT molecular complexity index is 2250. The van der Waals surface area contributed by atoms with Crippen molar-refractivity contribution in [2.24, 2.45) is 0 Å². The molecule has 0 N–H and O–H groups in total. The van der Waals surface area contributed by atoms with Crippen molar-refractivity contribution >= 4 is 43.4 Å². The van der Waals surface area contributed by atoms with Crippen LogP contribution in [0.5, 0.6) is 0 Å². The van der Waals surface area contributed by atoms with Crippen LogP contribution in [0.15, 0.2) is 146 Å². The number of rotatable bonds is 4. The van der Waals surface area contributed by atoms with E-state index < -0.39 is 0 Å². The zero-order valence-electron chi connectivity index (χ0n) is 23.9. The quantitative estimate of drug-likeness (QED) is 0.197. The van der Waals surface area contributed by atoms with Gasteiger partial charge in [-0.25, -0.2) is 0 Å². The van der Waals surface area contributed by atoms with E-state index in [4.69, 9.17) is 0 Å². The summed E-state index contributed by atoms with van der Waals surface area (Å²) in [6.45, 7) is 4.48. The lowest BCUT2D eigenvalue weighted by Crippen LogP contribution is -1.96. The van der Waals surface area contributed by atoms with Crippen molar-refractivity contribution in [2.45, 2.75) is 19.8 Å². The maximum Gasteiger partial charge on any atom is 0.0546 e. The third kappa shape index (κ3) is 3.93. The van der Waals surface area contributed by atoms with E-state index >= 15 is 0 Å². The van der Waals surface area contributed by atoms with E-state index in [1.807, 2.05) is 0 Å². The van der Waals surface area contributed by atoms with Crippen LogP contribution in [0.25, 0.3) is 71.3 Å². The second-order valence-electron chi connectivity index (χ2n) is 11.6. The topological polar surface area (TPSA) is 4.93 Å². The van der Waals surface area contributed by atoms with Crippen LogP contribution in [0.4, 0.5) is 0 Å². The normalized spacial score (nSPS) is 11.8. The highest BCUT2D eigenvalue weighted by Crippen LogP contribution is 2.39. The Morgan fingerprint density at radius 1 is 0.405 bits per heavy atom. The summed E-state index contributed by atoms with van der Waals surface area (Å²) in [7, 11) is 0. The summed E-state index contributed by atoms with van der Waals surface area (Å²) in [5.74, 6) is 0.544. The van der Waals surface area contributed by atoms with Crippen molar-refractivity contribution < 1.29 is 0 Å². The fraction of sp³-hybridized carbons (Fsp3) is 0.0732. The van der Waals surface area contributed by atoms with Crippen LogP contribution in [-0.4, -0.2) is 4.57 Å². The first kappa shape index (κ1) is 24.6. The van der Waals surface area contributed by atoms with Gasteiger partial charge in [0.25, 0.3) is 0 Å². The highest BCUT2D eigenvalue weighted by atomic mass is 15.0. The summed E-state index contributed by atoms with van der Waals surface area (Å²) >= 11 is 0. The molecular formula is C41H31N. The first-order valence-corrected chi connectivity index (χ1v) is 14.8. The molecule has 1 heteroatoms. The molecule has 0 saturated carbocycles. The Hall–Kier alpha value is -5.14.